The van der Waals surface area contributed by atoms with Crippen LogP contribution in [-0.2, 0) is 25.6 Å². The Hall–Kier alpha value is -0.940. The second-order valence-corrected chi connectivity index (χ2v) is 4.65. The molecule has 0 bridgehead atoms. The van der Waals surface area contributed by atoms with Gasteiger partial charge in [-0.1, -0.05) is 24.3 Å². The van der Waals surface area contributed by atoms with E-state index in [1.807, 2.05) is 24.3 Å². The molecular weight excluding hydrogens is 244 g/mol. The van der Waals surface area contributed by atoms with E-state index in [1.54, 1.807) is 14.2 Å². The van der Waals surface area contributed by atoms with E-state index in [-0.39, 0.29) is 12.6 Å². The van der Waals surface area contributed by atoms with Crippen LogP contribution in [0.5, 0.6) is 0 Å². The molecule has 0 spiro atoms. The maximum absolute atomic E-state index is 5.74. The van der Waals surface area contributed by atoms with Crippen LogP contribution in [0.3, 0.4) is 0 Å². The summed E-state index contributed by atoms with van der Waals surface area (Å²) in [6.07, 6.45) is 2.97. The number of benzene rings is 1. The van der Waals surface area contributed by atoms with Crippen molar-refractivity contribution in [3.63, 3.8) is 0 Å². The van der Waals surface area contributed by atoms with Gasteiger partial charge in [0.1, 0.15) is 0 Å². The highest BCUT2D eigenvalue weighted by Gasteiger charge is 2.14. The van der Waals surface area contributed by atoms with E-state index >= 15 is 0 Å². The van der Waals surface area contributed by atoms with E-state index in [9.17, 15) is 0 Å². The largest absolute Gasteiger partial charge is 0.353 e. The third kappa shape index (κ3) is 4.28. The van der Waals surface area contributed by atoms with Crippen LogP contribution in [0.4, 0.5) is 0 Å². The number of hydrogen-bond donors (Lipinski definition) is 0. The van der Waals surface area contributed by atoms with E-state index in [2.05, 4.69) is 0 Å². The van der Waals surface area contributed by atoms with Gasteiger partial charge in [-0.2, -0.15) is 0 Å². The number of methoxy groups -OCH3 is 2. The van der Waals surface area contributed by atoms with Gasteiger partial charge in [-0.25, -0.2) is 0 Å². The summed E-state index contributed by atoms with van der Waals surface area (Å²) in [5.74, 6) is 0. The lowest BCUT2D eigenvalue weighted by atomic mass is 10.1. The smallest absolute Gasteiger partial charge is 0.183 e. The van der Waals surface area contributed by atoms with Gasteiger partial charge in [0.25, 0.3) is 0 Å². The fourth-order valence-corrected chi connectivity index (χ4v) is 2.17. The Balaban J connectivity index is 1.84. The lowest BCUT2D eigenvalue weighted by molar-refractivity contribution is -0.168. The summed E-state index contributed by atoms with van der Waals surface area (Å²) >= 11 is 0. The molecule has 1 aromatic rings. The summed E-state index contributed by atoms with van der Waals surface area (Å²) in [5, 5.41) is 0. The molecule has 1 unspecified atom stereocenters. The van der Waals surface area contributed by atoms with Crippen molar-refractivity contribution in [1.29, 1.82) is 0 Å². The topological polar surface area (TPSA) is 36.9 Å². The first kappa shape index (κ1) is 14.5. The predicted molar refractivity (Wildman–Crippen MR) is 71.6 cm³/mol. The maximum Gasteiger partial charge on any atom is 0.183 e. The molecule has 1 atom stereocenters. The maximum atomic E-state index is 5.74. The molecule has 2 rings (SSSR count). The van der Waals surface area contributed by atoms with Crippen molar-refractivity contribution in [2.75, 3.05) is 20.8 Å². The molecule has 4 heteroatoms. The molecule has 1 saturated heterocycles. The zero-order valence-corrected chi connectivity index (χ0v) is 11.6. The molecule has 0 saturated carbocycles. The average molecular weight is 266 g/mol. The Morgan fingerprint density at radius 2 is 1.89 bits per heavy atom. The summed E-state index contributed by atoms with van der Waals surface area (Å²) in [4.78, 5) is 0. The van der Waals surface area contributed by atoms with Gasteiger partial charge in [0.15, 0.2) is 12.6 Å². The van der Waals surface area contributed by atoms with Crippen LogP contribution in [0.1, 0.15) is 36.7 Å². The monoisotopic (exact) mass is 266 g/mol. The van der Waals surface area contributed by atoms with Crippen LogP contribution in [0, 0.1) is 0 Å². The fourth-order valence-electron chi connectivity index (χ4n) is 2.17. The Morgan fingerprint density at radius 1 is 1.16 bits per heavy atom. The van der Waals surface area contributed by atoms with Gasteiger partial charge in [0, 0.05) is 26.4 Å². The molecule has 0 amide bonds. The Kier molecular flexibility index (Phi) is 5.79. The van der Waals surface area contributed by atoms with Crippen molar-refractivity contribution in [2.24, 2.45) is 0 Å². The number of ether oxygens (including phenoxy) is 4. The van der Waals surface area contributed by atoms with Crippen LogP contribution in [0.25, 0.3) is 0 Å². The molecule has 1 aliphatic rings. The van der Waals surface area contributed by atoms with Gasteiger partial charge < -0.3 is 18.9 Å². The molecule has 0 aromatic heterocycles. The highest BCUT2D eigenvalue weighted by atomic mass is 16.7. The predicted octanol–water partition coefficient (Wildman–Crippen LogP) is 3.02. The minimum atomic E-state index is -0.309. The standard InChI is InChI=1S/C15H22O4/c1-16-15(17-2)13-8-6-12(7-9-13)11-19-14-5-3-4-10-18-14/h6-9,14-15H,3-5,10-11H2,1-2H3. The summed E-state index contributed by atoms with van der Waals surface area (Å²) in [6, 6.07) is 8.06. The molecule has 1 heterocycles. The van der Waals surface area contributed by atoms with E-state index in [4.69, 9.17) is 18.9 Å². The third-order valence-corrected chi connectivity index (χ3v) is 3.25. The molecule has 0 N–H and O–H groups in total. The first-order chi connectivity index (χ1) is 9.33. The average Bonchev–Trinajstić information content (AvgIpc) is 2.49. The molecular formula is C15H22O4. The van der Waals surface area contributed by atoms with Crippen molar-refractivity contribution in [1.82, 2.24) is 0 Å². The quantitative estimate of drug-likeness (QED) is 0.742. The Morgan fingerprint density at radius 3 is 2.47 bits per heavy atom. The Bertz CT molecular complexity index is 353. The van der Waals surface area contributed by atoms with Gasteiger partial charge in [-0.3, -0.25) is 0 Å². The van der Waals surface area contributed by atoms with Crippen LogP contribution in [0.15, 0.2) is 24.3 Å². The van der Waals surface area contributed by atoms with Crippen molar-refractivity contribution in [2.45, 2.75) is 38.4 Å². The van der Waals surface area contributed by atoms with Gasteiger partial charge in [0.2, 0.25) is 0 Å². The molecule has 0 radical (unpaired) electrons. The van der Waals surface area contributed by atoms with Crippen LogP contribution in [0.2, 0.25) is 0 Å². The lowest BCUT2D eigenvalue weighted by Gasteiger charge is -2.22. The second kappa shape index (κ2) is 7.60. The minimum Gasteiger partial charge on any atom is -0.353 e. The summed E-state index contributed by atoms with van der Waals surface area (Å²) in [7, 11) is 3.26. The van der Waals surface area contributed by atoms with Crippen molar-refractivity contribution in [3.05, 3.63) is 35.4 Å². The Labute approximate surface area is 114 Å². The SMILES string of the molecule is COC(OC)c1ccc(COC2CCCCO2)cc1. The van der Waals surface area contributed by atoms with Crippen molar-refractivity contribution < 1.29 is 18.9 Å². The molecule has 1 fully saturated rings. The number of hydrogen-bond acceptors (Lipinski definition) is 4. The van der Waals surface area contributed by atoms with Crippen molar-refractivity contribution in [3.8, 4) is 0 Å². The summed E-state index contributed by atoms with van der Waals surface area (Å²) in [6.45, 7) is 1.39. The third-order valence-electron chi connectivity index (χ3n) is 3.25. The van der Waals surface area contributed by atoms with E-state index in [0.29, 0.717) is 6.61 Å². The van der Waals surface area contributed by atoms with E-state index in [1.165, 1.54) is 6.42 Å². The minimum absolute atomic E-state index is 0.0425. The first-order valence-corrected chi connectivity index (χ1v) is 6.71. The summed E-state index contributed by atoms with van der Waals surface area (Å²) in [5.41, 5.74) is 2.13. The lowest BCUT2D eigenvalue weighted by Crippen LogP contribution is -2.22. The van der Waals surface area contributed by atoms with E-state index < -0.39 is 0 Å². The molecule has 1 aliphatic heterocycles. The van der Waals surface area contributed by atoms with Crippen LogP contribution < -0.4 is 0 Å². The van der Waals surface area contributed by atoms with Gasteiger partial charge >= 0.3 is 0 Å². The number of rotatable bonds is 6. The van der Waals surface area contributed by atoms with Crippen LogP contribution >= 0.6 is 0 Å². The first-order valence-electron chi connectivity index (χ1n) is 6.71. The molecule has 1 aromatic carbocycles. The second-order valence-electron chi connectivity index (χ2n) is 4.65. The molecule has 0 aliphatic carbocycles. The fraction of sp³-hybridized carbons (Fsp3) is 0.600. The van der Waals surface area contributed by atoms with E-state index in [0.717, 1.165) is 30.6 Å². The molecule has 4 nitrogen and oxygen atoms in total. The highest BCUT2D eigenvalue weighted by molar-refractivity contribution is 5.23. The van der Waals surface area contributed by atoms with Gasteiger partial charge in [-0.05, 0) is 24.8 Å². The molecule has 106 valence electrons. The normalized spacial score (nSPS) is 19.8. The van der Waals surface area contributed by atoms with Gasteiger partial charge in [0.05, 0.1) is 6.61 Å². The zero-order valence-electron chi connectivity index (χ0n) is 11.6. The van der Waals surface area contributed by atoms with Crippen molar-refractivity contribution >= 4 is 0 Å². The van der Waals surface area contributed by atoms with Crippen LogP contribution in [-0.4, -0.2) is 27.1 Å². The zero-order chi connectivity index (χ0) is 13.5. The highest BCUT2D eigenvalue weighted by Crippen LogP contribution is 2.19. The van der Waals surface area contributed by atoms with Gasteiger partial charge in [-0.15, -0.1) is 0 Å². The molecule has 19 heavy (non-hydrogen) atoms. The summed E-state index contributed by atoms with van der Waals surface area (Å²) < 4.78 is 21.7.